The average molecular weight is 225 g/mol. The summed E-state index contributed by atoms with van der Waals surface area (Å²) in [6.45, 7) is 6.34. The lowest BCUT2D eigenvalue weighted by molar-refractivity contribution is 0.275. The second-order valence-electron chi connectivity index (χ2n) is 2.82. The van der Waals surface area contributed by atoms with Crippen molar-refractivity contribution >= 4 is 5.95 Å². The zero-order valence-electron chi connectivity index (χ0n) is 9.14. The number of nitrogens with one attached hydrogen (secondary N) is 1. The number of anilines is 1. The van der Waals surface area contributed by atoms with Crippen molar-refractivity contribution in [1.29, 1.82) is 0 Å². The number of aromatic nitrogens is 3. The average Bonchev–Trinajstić information content (AvgIpc) is 2.33. The first kappa shape index (κ1) is 12.2. The van der Waals surface area contributed by atoms with Crippen molar-refractivity contribution in [3.05, 3.63) is 12.7 Å². The molecule has 1 rings (SSSR count). The van der Waals surface area contributed by atoms with E-state index in [2.05, 4.69) is 27.0 Å². The Bertz CT molecular complexity index is 345. The van der Waals surface area contributed by atoms with E-state index < -0.39 is 0 Å². The van der Waals surface area contributed by atoms with Crippen LogP contribution in [0.1, 0.15) is 13.3 Å². The number of rotatable bonds is 7. The summed E-state index contributed by atoms with van der Waals surface area (Å²) in [5.74, 6) is 5.41. The summed E-state index contributed by atoms with van der Waals surface area (Å²) >= 11 is 0. The molecular weight excluding hydrogens is 210 g/mol. The van der Waals surface area contributed by atoms with Gasteiger partial charge in [0.2, 0.25) is 5.95 Å². The van der Waals surface area contributed by atoms with Crippen molar-refractivity contribution in [1.82, 2.24) is 15.0 Å². The molecule has 3 N–H and O–H groups in total. The SMILES string of the molecule is C=CCOc1nc(NN)nc(OCCC)n1. The molecule has 1 aromatic rings. The molecule has 0 saturated heterocycles. The molecule has 88 valence electrons. The topological polar surface area (TPSA) is 95.2 Å². The van der Waals surface area contributed by atoms with Crippen molar-refractivity contribution in [2.45, 2.75) is 13.3 Å². The molecule has 0 saturated carbocycles. The monoisotopic (exact) mass is 225 g/mol. The summed E-state index contributed by atoms with van der Waals surface area (Å²) in [6, 6.07) is 0.331. The van der Waals surface area contributed by atoms with Crippen molar-refractivity contribution in [2.24, 2.45) is 5.84 Å². The van der Waals surface area contributed by atoms with Crippen LogP contribution in [0.25, 0.3) is 0 Å². The summed E-state index contributed by atoms with van der Waals surface area (Å²) in [6.07, 6.45) is 2.45. The molecule has 0 aliphatic heterocycles. The lowest BCUT2D eigenvalue weighted by Gasteiger charge is -2.06. The van der Waals surface area contributed by atoms with E-state index in [9.17, 15) is 0 Å². The second-order valence-corrected chi connectivity index (χ2v) is 2.82. The van der Waals surface area contributed by atoms with Gasteiger partial charge in [-0.25, -0.2) is 5.84 Å². The normalized spacial score (nSPS) is 9.62. The Morgan fingerprint density at radius 2 is 2.00 bits per heavy atom. The predicted octanol–water partition coefficient (Wildman–Crippen LogP) is 0.511. The third-order valence-electron chi connectivity index (χ3n) is 1.49. The van der Waals surface area contributed by atoms with Crippen LogP contribution in [0.3, 0.4) is 0 Å². The molecule has 0 aliphatic carbocycles. The van der Waals surface area contributed by atoms with Gasteiger partial charge in [-0.1, -0.05) is 19.6 Å². The molecule has 0 bridgehead atoms. The molecule has 0 aliphatic rings. The molecule has 7 nitrogen and oxygen atoms in total. The fraction of sp³-hybridized carbons (Fsp3) is 0.444. The quantitative estimate of drug-likeness (QED) is 0.396. The number of hydrogen-bond donors (Lipinski definition) is 2. The number of nitrogens with zero attached hydrogens (tertiary/aromatic N) is 3. The van der Waals surface area contributed by atoms with Crippen LogP contribution < -0.4 is 20.7 Å². The minimum absolute atomic E-state index is 0.147. The maximum absolute atomic E-state index is 5.25. The third-order valence-corrected chi connectivity index (χ3v) is 1.49. The summed E-state index contributed by atoms with van der Waals surface area (Å²) in [7, 11) is 0. The van der Waals surface area contributed by atoms with Crippen LogP contribution >= 0.6 is 0 Å². The molecule has 1 heterocycles. The van der Waals surface area contributed by atoms with Gasteiger partial charge in [-0.15, -0.1) is 4.98 Å². The van der Waals surface area contributed by atoms with Gasteiger partial charge >= 0.3 is 12.0 Å². The molecular formula is C9H15N5O2. The summed E-state index contributed by atoms with van der Waals surface area (Å²) in [4.78, 5) is 11.7. The van der Waals surface area contributed by atoms with E-state index in [1.165, 1.54) is 0 Å². The molecule has 0 spiro atoms. The van der Waals surface area contributed by atoms with E-state index in [1.807, 2.05) is 6.92 Å². The van der Waals surface area contributed by atoms with Gasteiger partial charge in [0, 0.05) is 0 Å². The van der Waals surface area contributed by atoms with Gasteiger partial charge in [-0.05, 0) is 6.42 Å². The van der Waals surface area contributed by atoms with E-state index in [1.54, 1.807) is 6.08 Å². The van der Waals surface area contributed by atoms with Gasteiger partial charge in [0.25, 0.3) is 0 Å². The van der Waals surface area contributed by atoms with E-state index >= 15 is 0 Å². The van der Waals surface area contributed by atoms with Gasteiger partial charge in [-0.2, -0.15) is 9.97 Å². The van der Waals surface area contributed by atoms with Crippen LogP contribution in [0.15, 0.2) is 12.7 Å². The van der Waals surface area contributed by atoms with Crippen LogP contribution in [-0.4, -0.2) is 28.2 Å². The Morgan fingerprint density at radius 1 is 1.31 bits per heavy atom. The summed E-state index contributed by atoms with van der Waals surface area (Å²) in [5, 5.41) is 0. The van der Waals surface area contributed by atoms with Crippen molar-refractivity contribution in [3.63, 3.8) is 0 Å². The number of hydrogen-bond acceptors (Lipinski definition) is 7. The predicted molar refractivity (Wildman–Crippen MR) is 59.1 cm³/mol. The highest BCUT2D eigenvalue weighted by Gasteiger charge is 2.06. The fourth-order valence-corrected chi connectivity index (χ4v) is 0.858. The molecule has 0 fully saturated rings. The van der Waals surface area contributed by atoms with Crippen molar-refractivity contribution in [2.75, 3.05) is 18.6 Å². The van der Waals surface area contributed by atoms with Gasteiger partial charge in [-0.3, -0.25) is 5.43 Å². The summed E-state index contributed by atoms with van der Waals surface area (Å²) in [5.41, 5.74) is 2.31. The lowest BCUT2D eigenvalue weighted by Crippen LogP contribution is -2.13. The first-order valence-corrected chi connectivity index (χ1v) is 4.89. The Balaban J connectivity index is 2.78. The highest BCUT2D eigenvalue weighted by molar-refractivity contribution is 5.25. The smallest absolute Gasteiger partial charge is 0.324 e. The zero-order valence-corrected chi connectivity index (χ0v) is 9.14. The Kier molecular flexibility index (Phi) is 5.00. The van der Waals surface area contributed by atoms with Crippen LogP contribution in [0.5, 0.6) is 12.0 Å². The first-order chi connectivity index (χ1) is 7.80. The van der Waals surface area contributed by atoms with Crippen LogP contribution in [0.2, 0.25) is 0 Å². The molecule has 0 aromatic carbocycles. The molecule has 0 amide bonds. The van der Waals surface area contributed by atoms with E-state index in [-0.39, 0.29) is 18.0 Å². The molecule has 0 radical (unpaired) electrons. The number of nitrogens with two attached hydrogens (primary N) is 1. The Labute approximate surface area is 93.7 Å². The fourth-order valence-electron chi connectivity index (χ4n) is 0.858. The second kappa shape index (κ2) is 6.57. The minimum atomic E-state index is 0.147. The molecule has 16 heavy (non-hydrogen) atoms. The van der Waals surface area contributed by atoms with Crippen LogP contribution in [0.4, 0.5) is 5.95 Å². The molecule has 7 heteroatoms. The van der Waals surface area contributed by atoms with E-state index in [0.717, 1.165) is 6.42 Å². The summed E-state index contributed by atoms with van der Waals surface area (Å²) < 4.78 is 10.4. The van der Waals surface area contributed by atoms with Gasteiger partial charge in [0.15, 0.2) is 0 Å². The minimum Gasteiger partial charge on any atom is -0.463 e. The Morgan fingerprint density at radius 3 is 2.56 bits per heavy atom. The highest BCUT2D eigenvalue weighted by Crippen LogP contribution is 2.12. The van der Waals surface area contributed by atoms with E-state index in [0.29, 0.717) is 13.2 Å². The molecule has 1 aromatic heterocycles. The van der Waals surface area contributed by atoms with Gasteiger partial charge < -0.3 is 9.47 Å². The highest BCUT2D eigenvalue weighted by atomic mass is 16.5. The standard InChI is InChI=1S/C9H15N5O2/c1-3-5-15-8-11-7(14-10)12-9(13-8)16-6-4-2/h3H,1,4-6,10H2,2H3,(H,11,12,13,14). The Hall–Kier alpha value is -1.89. The van der Waals surface area contributed by atoms with Crippen molar-refractivity contribution < 1.29 is 9.47 Å². The lowest BCUT2D eigenvalue weighted by atomic mass is 10.5. The first-order valence-electron chi connectivity index (χ1n) is 4.89. The zero-order chi connectivity index (χ0) is 11.8. The van der Waals surface area contributed by atoms with Crippen molar-refractivity contribution in [3.8, 4) is 12.0 Å². The number of nitrogen functional groups attached to an aromatic ring is 1. The molecule has 0 unspecified atom stereocenters. The van der Waals surface area contributed by atoms with Crippen LogP contribution in [-0.2, 0) is 0 Å². The third kappa shape index (κ3) is 3.70. The van der Waals surface area contributed by atoms with Gasteiger partial charge in [0.1, 0.15) is 6.61 Å². The van der Waals surface area contributed by atoms with Gasteiger partial charge in [0.05, 0.1) is 6.61 Å². The maximum Gasteiger partial charge on any atom is 0.324 e. The number of hydrazine groups is 1. The largest absolute Gasteiger partial charge is 0.463 e. The number of ether oxygens (including phenoxy) is 2. The van der Waals surface area contributed by atoms with Crippen LogP contribution in [0, 0.1) is 0 Å². The molecule has 0 atom stereocenters. The van der Waals surface area contributed by atoms with E-state index in [4.69, 9.17) is 15.3 Å². The maximum atomic E-state index is 5.25.